The molecule has 26 heavy (non-hydrogen) atoms. The standard InChI is InChI=1S/C18H26F3N3O2/c1-2-8-17(11-25)10-24(9-7-14(17)26)16-22-13-6-4-3-5-12(13)15(23-16)18(19,20)21/h14,25-26H,2-11H2,1H3/t14-,17-/m0/s1. The van der Waals surface area contributed by atoms with Gasteiger partial charge in [0.15, 0.2) is 5.69 Å². The lowest BCUT2D eigenvalue weighted by molar-refractivity contribution is -0.142. The van der Waals surface area contributed by atoms with Crippen LogP contribution in [0.2, 0.25) is 0 Å². The van der Waals surface area contributed by atoms with Crippen LogP contribution in [0.1, 0.15) is 56.0 Å². The van der Waals surface area contributed by atoms with Crippen LogP contribution in [0, 0.1) is 5.41 Å². The molecule has 3 rings (SSSR count). The first-order valence-corrected chi connectivity index (χ1v) is 9.31. The van der Waals surface area contributed by atoms with Gasteiger partial charge in [0.05, 0.1) is 12.7 Å². The highest BCUT2D eigenvalue weighted by atomic mass is 19.4. The summed E-state index contributed by atoms with van der Waals surface area (Å²) < 4.78 is 40.6. The number of alkyl halides is 3. The third-order valence-corrected chi connectivity index (χ3v) is 5.67. The summed E-state index contributed by atoms with van der Waals surface area (Å²) in [5.41, 5.74) is -0.852. The molecule has 2 N–H and O–H groups in total. The lowest BCUT2D eigenvalue weighted by atomic mass is 9.74. The van der Waals surface area contributed by atoms with Crippen LogP contribution in [0.15, 0.2) is 0 Å². The first kappa shape index (κ1) is 19.4. The summed E-state index contributed by atoms with van der Waals surface area (Å²) in [7, 11) is 0. The van der Waals surface area contributed by atoms with Crippen LogP contribution in [0.3, 0.4) is 0 Å². The fraction of sp³-hybridized carbons (Fsp3) is 0.778. The Bertz CT molecular complexity index is 653. The van der Waals surface area contributed by atoms with E-state index < -0.39 is 23.4 Å². The van der Waals surface area contributed by atoms with Gasteiger partial charge in [-0.3, -0.25) is 0 Å². The van der Waals surface area contributed by atoms with Crippen LogP contribution in [0.4, 0.5) is 19.1 Å². The molecule has 0 unspecified atom stereocenters. The second-order valence-electron chi connectivity index (χ2n) is 7.50. The van der Waals surface area contributed by atoms with E-state index in [1.165, 1.54) is 0 Å². The Morgan fingerprint density at radius 2 is 1.96 bits per heavy atom. The van der Waals surface area contributed by atoms with Crippen molar-refractivity contribution < 1.29 is 23.4 Å². The van der Waals surface area contributed by atoms with Gasteiger partial charge in [0, 0.05) is 29.8 Å². The summed E-state index contributed by atoms with van der Waals surface area (Å²) >= 11 is 0. The molecule has 5 nitrogen and oxygen atoms in total. The molecule has 0 saturated carbocycles. The molecule has 1 fully saturated rings. The molecule has 0 radical (unpaired) electrons. The van der Waals surface area contributed by atoms with E-state index in [1.807, 2.05) is 6.92 Å². The zero-order valence-electron chi connectivity index (χ0n) is 15.0. The minimum Gasteiger partial charge on any atom is -0.396 e. The van der Waals surface area contributed by atoms with Crippen LogP contribution in [-0.4, -0.2) is 46.0 Å². The van der Waals surface area contributed by atoms with Crippen LogP contribution >= 0.6 is 0 Å². The van der Waals surface area contributed by atoms with Gasteiger partial charge in [-0.2, -0.15) is 13.2 Å². The second kappa shape index (κ2) is 7.31. The zero-order valence-corrected chi connectivity index (χ0v) is 15.0. The number of piperidine rings is 1. The first-order valence-electron chi connectivity index (χ1n) is 9.31. The Morgan fingerprint density at radius 3 is 2.62 bits per heavy atom. The van der Waals surface area contributed by atoms with Crippen molar-refractivity contribution in [1.29, 1.82) is 0 Å². The molecule has 2 heterocycles. The first-order chi connectivity index (χ1) is 12.3. The zero-order chi connectivity index (χ0) is 18.9. The molecule has 1 saturated heterocycles. The fourth-order valence-electron chi connectivity index (χ4n) is 4.25. The average Bonchev–Trinajstić information content (AvgIpc) is 2.62. The normalized spacial score (nSPS) is 26.7. The van der Waals surface area contributed by atoms with Crippen LogP contribution in [0.25, 0.3) is 0 Å². The smallest absolute Gasteiger partial charge is 0.396 e. The van der Waals surface area contributed by atoms with Gasteiger partial charge in [-0.25, -0.2) is 9.97 Å². The molecule has 146 valence electrons. The summed E-state index contributed by atoms with van der Waals surface area (Å²) in [6.45, 7) is 2.38. The third-order valence-electron chi connectivity index (χ3n) is 5.67. The maximum atomic E-state index is 13.5. The van der Waals surface area contributed by atoms with Crippen LogP contribution < -0.4 is 4.90 Å². The Kier molecular flexibility index (Phi) is 5.44. The molecule has 0 spiro atoms. The molecule has 1 aliphatic heterocycles. The number of aromatic nitrogens is 2. The number of fused-ring (bicyclic) bond motifs is 1. The number of aliphatic hydroxyl groups is 2. The Morgan fingerprint density at radius 1 is 1.23 bits per heavy atom. The SMILES string of the molecule is CCC[C@@]1(CO)CN(c2nc3c(c(C(F)(F)F)n2)CCCC3)CC[C@@H]1O. The van der Waals surface area contributed by atoms with Gasteiger partial charge in [-0.1, -0.05) is 13.3 Å². The summed E-state index contributed by atoms with van der Waals surface area (Å²) in [5, 5.41) is 20.3. The summed E-state index contributed by atoms with van der Waals surface area (Å²) in [6.07, 6.45) is -1.00. The fourth-order valence-corrected chi connectivity index (χ4v) is 4.25. The molecule has 2 atom stereocenters. The highest BCUT2D eigenvalue weighted by Gasteiger charge is 2.44. The molecule has 0 amide bonds. The van der Waals surface area contributed by atoms with E-state index in [2.05, 4.69) is 9.97 Å². The second-order valence-corrected chi connectivity index (χ2v) is 7.50. The predicted molar refractivity (Wildman–Crippen MR) is 90.9 cm³/mol. The van der Waals surface area contributed by atoms with Gasteiger partial charge in [0.1, 0.15) is 0 Å². The monoisotopic (exact) mass is 373 g/mol. The maximum absolute atomic E-state index is 13.5. The number of aliphatic hydroxyl groups excluding tert-OH is 2. The molecule has 1 aromatic heterocycles. The van der Waals surface area contributed by atoms with Crippen molar-refractivity contribution in [3.63, 3.8) is 0 Å². The Balaban J connectivity index is 1.98. The van der Waals surface area contributed by atoms with E-state index in [4.69, 9.17) is 0 Å². The van der Waals surface area contributed by atoms with Gasteiger partial charge >= 0.3 is 6.18 Å². The maximum Gasteiger partial charge on any atom is 0.433 e. The van der Waals surface area contributed by atoms with Crippen molar-refractivity contribution >= 4 is 5.95 Å². The van der Waals surface area contributed by atoms with Gasteiger partial charge in [-0.15, -0.1) is 0 Å². The van der Waals surface area contributed by atoms with E-state index in [0.29, 0.717) is 37.9 Å². The molecular formula is C18H26F3N3O2. The van der Waals surface area contributed by atoms with E-state index in [-0.39, 0.29) is 24.7 Å². The van der Waals surface area contributed by atoms with Crippen LogP contribution in [-0.2, 0) is 19.0 Å². The number of aryl methyl sites for hydroxylation is 1. The third kappa shape index (κ3) is 3.53. The highest BCUT2D eigenvalue weighted by molar-refractivity contribution is 5.40. The Hall–Kier alpha value is -1.41. The van der Waals surface area contributed by atoms with Crippen molar-refractivity contribution in [2.45, 2.75) is 64.1 Å². The molecule has 0 aromatic carbocycles. The quantitative estimate of drug-likeness (QED) is 0.849. The van der Waals surface area contributed by atoms with Crippen molar-refractivity contribution in [2.24, 2.45) is 5.41 Å². The molecule has 1 aliphatic carbocycles. The minimum atomic E-state index is -4.51. The summed E-state index contributed by atoms with van der Waals surface area (Å²) in [6, 6.07) is 0. The topological polar surface area (TPSA) is 69.5 Å². The van der Waals surface area contributed by atoms with Crippen molar-refractivity contribution in [3.05, 3.63) is 17.0 Å². The highest BCUT2D eigenvalue weighted by Crippen LogP contribution is 2.39. The largest absolute Gasteiger partial charge is 0.433 e. The van der Waals surface area contributed by atoms with Gasteiger partial charge in [0.2, 0.25) is 5.95 Å². The number of halogens is 3. The molecule has 8 heteroatoms. The van der Waals surface area contributed by atoms with Crippen molar-refractivity contribution in [2.75, 3.05) is 24.6 Å². The van der Waals surface area contributed by atoms with Crippen molar-refractivity contribution in [3.8, 4) is 0 Å². The van der Waals surface area contributed by atoms with E-state index in [0.717, 1.165) is 19.3 Å². The van der Waals surface area contributed by atoms with E-state index in [1.54, 1.807) is 4.90 Å². The average molecular weight is 373 g/mol. The molecule has 1 aromatic rings. The minimum absolute atomic E-state index is 0.0683. The van der Waals surface area contributed by atoms with Gasteiger partial charge in [-0.05, 0) is 38.5 Å². The van der Waals surface area contributed by atoms with Crippen molar-refractivity contribution in [1.82, 2.24) is 9.97 Å². The summed E-state index contributed by atoms with van der Waals surface area (Å²) in [5.74, 6) is 0.0683. The predicted octanol–water partition coefficient (Wildman–Crippen LogP) is 2.72. The van der Waals surface area contributed by atoms with Crippen LogP contribution in [0.5, 0.6) is 0 Å². The van der Waals surface area contributed by atoms with Gasteiger partial charge < -0.3 is 15.1 Å². The molecule has 0 bridgehead atoms. The van der Waals surface area contributed by atoms with E-state index in [9.17, 15) is 23.4 Å². The van der Waals surface area contributed by atoms with Gasteiger partial charge in [0.25, 0.3) is 0 Å². The lowest BCUT2D eigenvalue weighted by Crippen LogP contribution is -2.54. The molecule has 2 aliphatic rings. The number of hydrogen-bond acceptors (Lipinski definition) is 5. The molecular weight excluding hydrogens is 347 g/mol. The summed E-state index contributed by atoms with van der Waals surface area (Å²) in [4.78, 5) is 10.0. The Labute approximate surface area is 151 Å². The number of nitrogens with zero attached hydrogens (tertiary/aromatic N) is 3. The van der Waals surface area contributed by atoms with E-state index >= 15 is 0 Å². The lowest BCUT2D eigenvalue weighted by Gasteiger charge is -2.45. The number of anilines is 1. The number of rotatable bonds is 4. The number of hydrogen-bond donors (Lipinski definition) is 2.